The van der Waals surface area contributed by atoms with Crippen LogP contribution in [0.25, 0.3) is 0 Å². The molecule has 1 heterocycles. The van der Waals surface area contributed by atoms with Crippen molar-refractivity contribution >= 4 is 0 Å². The Labute approximate surface area is 128 Å². The molecule has 1 aliphatic heterocycles. The summed E-state index contributed by atoms with van der Waals surface area (Å²) in [5, 5.41) is 0. The van der Waals surface area contributed by atoms with Crippen LogP contribution in [0.15, 0.2) is 48.4 Å². The topological polar surface area (TPSA) is 15.7 Å². The van der Waals surface area contributed by atoms with Crippen molar-refractivity contribution in [3.63, 3.8) is 0 Å². The zero-order valence-corrected chi connectivity index (χ0v) is 13.4. The van der Waals surface area contributed by atoms with Crippen molar-refractivity contribution in [2.75, 3.05) is 33.3 Å². The zero-order chi connectivity index (χ0) is 15.1. The normalized spacial score (nSPS) is 17.5. The minimum atomic E-state index is 1.05. The average molecular weight is 286 g/mol. The highest BCUT2D eigenvalue weighted by Crippen LogP contribution is 2.14. The second-order valence-electron chi connectivity index (χ2n) is 5.50. The minimum absolute atomic E-state index is 1.05. The number of rotatable bonds is 5. The van der Waals surface area contributed by atoms with E-state index in [2.05, 4.69) is 54.0 Å². The molecule has 0 atom stereocenters. The Hall–Kier alpha value is -1.74. The molecule has 1 aromatic rings. The molecule has 0 aliphatic carbocycles. The van der Waals surface area contributed by atoms with Gasteiger partial charge in [-0.3, -0.25) is 4.90 Å². The number of aryl methyl sites for hydroxylation is 1. The summed E-state index contributed by atoms with van der Waals surface area (Å²) in [6, 6.07) is 8.86. The summed E-state index contributed by atoms with van der Waals surface area (Å²) in [7, 11) is 1.68. The van der Waals surface area contributed by atoms with E-state index in [0.29, 0.717) is 0 Å². The van der Waals surface area contributed by atoms with Crippen LogP contribution in [0.1, 0.15) is 18.1 Å². The maximum atomic E-state index is 5.02. The highest BCUT2D eigenvalue weighted by atomic mass is 16.5. The summed E-state index contributed by atoms with van der Waals surface area (Å²) >= 11 is 0. The number of nitrogens with zero attached hydrogens (tertiary/aromatic N) is 2. The second kappa shape index (κ2) is 7.89. The molecule has 3 nitrogen and oxygen atoms in total. The molecule has 1 saturated heterocycles. The first-order valence-electron chi connectivity index (χ1n) is 7.61. The highest BCUT2D eigenvalue weighted by molar-refractivity contribution is 5.21. The van der Waals surface area contributed by atoms with Gasteiger partial charge >= 0.3 is 0 Å². The van der Waals surface area contributed by atoms with Crippen LogP contribution in [0.4, 0.5) is 0 Å². The van der Waals surface area contributed by atoms with Gasteiger partial charge in [-0.25, -0.2) is 0 Å². The summed E-state index contributed by atoms with van der Waals surface area (Å²) in [5.74, 6) is 0. The summed E-state index contributed by atoms with van der Waals surface area (Å²) in [6.07, 6.45) is 5.93. The maximum Gasteiger partial charge on any atom is 0.0845 e. The lowest BCUT2D eigenvalue weighted by Gasteiger charge is -2.36. The van der Waals surface area contributed by atoms with Gasteiger partial charge in [-0.15, -0.1) is 0 Å². The largest absolute Gasteiger partial charge is 0.504 e. The van der Waals surface area contributed by atoms with Crippen molar-refractivity contribution in [2.24, 2.45) is 0 Å². The lowest BCUT2D eigenvalue weighted by Crippen LogP contribution is -2.45. The van der Waals surface area contributed by atoms with Crippen molar-refractivity contribution in [1.29, 1.82) is 0 Å². The fraction of sp³-hybridized carbons (Fsp3) is 0.444. The minimum Gasteiger partial charge on any atom is -0.504 e. The Morgan fingerprint density at radius 3 is 2.38 bits per heavy atom. The number of benzene rings is 1. The van der Waals surface area contributed by atoms with Crippen LogP contribution in [0.2, 0.25) is 0 Å². The van der Waals surface area contributed by atoms with E-state index in [4.69, 9.17) is 4.74 Å². The summed E-state index contributed by atoms with van der Waals surface area (Å²) in [5.41, 5.74) is 3.97. The molecule has 0 aromatic heterocycles. The zero-order valence-electron chi connectivity index (χ0n) is 13.4. The van der Waals surface area contributed by atoms with Gasteiger partial charge in [0.2, 0.25) is 0 Å². The Morgan fingerprint density at radius 2 is 1.81 bits per heavy atom. The van der Waals surface area contributed by atoms with Gasteiger partial charge in [-0.2, -0.15) is 0 Å². The second-order valence-corrected chi connectivity index (χ2v) is 5.50. The molecule has 1 fully saturated rings. The van der Waals surface area contributed by atoms with Gasteiger partial charge in [0.05, 0.1) is 13.4 Å². The third-order valence-corrected chi connectivity index (χ3v) is 3.93. The SMILES string of the molecule is C/C=C(\C=C/OC)N1CCN(Cc2ccc(C)cc2)CC1. The number of ether oxygens (including phenoxy) is 1. The van der Waals surface area contributed by atoms with Crippen molar-refractivity contribution in [3.05, 3.63) is 59.5 Å². The summed E-state index contributed by atoms with van der Waals surface area (Å²) < 4.78 is 5.02. The van der Waals surface area contributed by atoms with Gasteiger partial charge in [0.15, 0.2) is 0 Å². The lowest BCUT2D eigenvalue weighted by molar-refractivity contribution is 0.155. The highest BCUT2D eigenvalue weighted by Gasteiger charge is 2.17. The molecule has 21 heavy (non-hydrogen) atoms. The van der Waals surface area contributed by atoms with Crippen LogP contribution in [0.3, 0.4) is 0 Å². The van der Waals surface area contributed by atoms with Crippen molar-refractivity contribution in [2.45, 2.75) is 20.4 Å². The van der Waals surface area contributed by atoms with E-state index in [1.165, 1.54) is 16.8 Å². The number of allylic oxidation sites excluding steroid dienone is 2. The maximum absolute atomic E-state index is 5.02. The van der Waals surface area contributed by atoms with Crippen LogP contribution in [-0.2, 0) is 11.3 Å². The van der Waals surface area contributed by atoms with Crippen LogP contribution >= 0.6 is 0 Å². The van der Waals surface area contributed by atoms with Gasteiger partial charge in [0.25, 0.3) is 0 Å². The molecule has 3 heteroatoms. The molecule has 0 N–H and O–H groups in total. The number of methoxy groups -OCH3 is 1. The van der Waals surface area contributed by atoms with Crippen molar-refractivity contribution < 1.29 is 4.74 Å². The molecule has 0 spiro atoms. The standard InChI is InChI=1S/C18H26N2O/c1-4-18(9-14-21-3)20-12-10-19(11-13-20)15-17-7-5-16(2)6-8-17/h4-9,14H,10-13,15H2,1-3H3/b14-9-,18-4+. The monoisotopic (exact) mass is 286 g/mol. The van der Waals surface area contributed by atoms with Gasteiger partial charge in [-0.05, 0) is 25.5 Å². The molecule has 114 valence electrons. The van der Waals surface area contributed by atoms with E-state index in [9.17, 15) is 0 Å². The van der Waals surface area contributed by atoms with Crippen LogP contribution in [-0.4, -0.2) is 43.1 Å². The van der Waals surface area contributed by atoms with Crippen molar-refractivity contribution in [1.82, 2.24) is 9.80 Å². The lowest BCUT2D eigenvalue weighted by atomic mass is 10.1. The fourth-order valence-corrected chi connectivity index (χ4v) is 2.64. The number of hydrogen-bond donors (Lipinski definition) is 0. The van der Waals surface area contributed by atoms with E-state index in [-0.39, 0.29) is 0 Å². The van der Waals surface area contributed by atoms with Crippen molar-refractivity contribution in [3.8, 4) is 0 Å². The Kier molecular flexibility index (Phi) is 5.88. The molecule has 0 radical (unpaired) electrons. The van der Waals surface area contributed by atoms with Gasteiger partial charge < -0.3 is 9.64 Å². The van der Waals surface area contributed by atoms with Crippen LogP contribution in [0.5, 0.6) is 0 Å². The molecule has 1 aromatic carbocycles. The Bertz CT molecular complexity index is 482. The smallest absolute Gasteiger partial charge is 0.0845 e. The third-order valence-electron chi connectivity index (χ3n) is 3.93. The van der Waals surface area contributed by atoms with E-state index >= 15 is 0 Å². The van der Waals surface area contributed by atoms with Gasteiger partial charge in [-0.1, -0.05) is 35.9 Å². The average Bonchev–Trinajstić information content (AvgIpc) is 2.52. The van der Waals surface area contributed by atoms with E-state index in [1.54, 1.807) is 13.4 Å². The van der Waals surface area contributed by atoms with E-state index in [0.717, 1.165) is 32.7 Å². The Balaban J connectivity index is 1.85. The summed E-state index contributed by atoms with van der Waals surface area (Å²) in [4.78, 5) is 4.94. The Morgan fingerprint density at radius 1 is 1.14 bits per heavy atom. The molecule has 0 saturated carbocycles. The van der Waals surface area contributed by atoms with E-state index < -0.39 is 0 Å². The van der Waals surface area contributed by atoms with E-state index in [1.807, 2.05) is 6.08 Å². The molecular formula is C18H26N2O. The molecule has 0 amide bonds. The predicted octanol–water partition coefficient (Wildman–Crippen LogP) is 3.18. The number of hydrogen-bond acceptors (Lipinski definition) is 3. The van der Waals surface area contributed by atoms with Crippen LogP contribution < -0.4 is 0 Å². The predicted molar refractivity (Wildman–Crippen MR) is 87.9 cm³/mol. The van der Waals surface area contributed by atoms with Gasteiger partial charge in [0.1, 0.15) is 0 Å². The van der Waals surface area contributed by atoms with Crippen LogP contribution in [0, 0.1) is 6.92 Å². The first-order chi connectivity index (χ1) is 10.2. The quantitative estimate of drug-likeness (QED) is 0.611. The molecule has 0 bridgehead atoms. The third kappa shape index (κ3) is 4.64. The van der Waals surface area contributed by atoms with Gasteiger partial charge in [0, 0.05) is 38.4 Å². The molecule has 0 unspecified atom stereocenters. The molecule has 2 rings (SSSR count). The summed E-state index contributed by atoms with van der Waals surface area (Å²) in [6.45, 7) is 9.60. The first kappa shape index (κ1) is 15.6. The number of piperazine rings is 1. The molecular weight excluding hydrogens is 260 g/mol. The first-order valence-corrected chi connectivity index (χ1v) is 7.61. The fourth-order valence-electron chi connectivity index (χ4n) is 2.64. The molecule has 1 aliphatic rings.